The highest BCUT2D eigenvalue weighted by Gasteiger charge is 2.61. The summed E-state index contributed by atoms with van der Waals surface area (Å²) in [6, 6.07) is 0. The van der Waals surface area contributed by atoms with Crippen LogP contribution in [0.1, 0.15) is 0 Å². The third-order valence-corrected chi connectivity index (χ3v) is 16.7. The van der Waals surface area contributed by atoms with Crippen LogP contribution in [0.2, 0.25) is 0 Å². The highest BCUT2D eigenvalue weighted by molar-refractivity contribution is 5.69. The maximum atomic E-state index is 12.3. The summed E-state index contributed by atoms with van der Waals surface area (Å²) in [7, 11) is 7.14. The summed E-state index contributed by atoms with van der Waals surface area (Å²) in [6.07, 6.45) is -47.1. The molecule has 22 aliphatic rings. The Morgan fingerprint density at radius 2 is 0.365 bits per heavy atom. The van der Waals surface area contributed by atoms with Crippen molar-refractivity contribution < 1.29 is 173 Å². The minimum absolute atomic E-state index is 0.456. The van der Waals surface area contributed by atoms with Crippen molar-refractivity contribution in [2.24, 2.45) is 34.4 Å². The number of ether oxygens (including phenoxy) is 24. The van der Waals surface area contributed by atoms with Gasteiger partial charge in [-0.25, -0.2) is 28.8 Å². The van der Waals surface area contributed by atoms with Crippen LogP contribution in [-0.4, -0.2) is 372 Å². The van der Waals surface area contributed by atoms with Gasteiger partial charge in [0.05, 0.1) is 0 Å². The Kier molecular flexibility index (Phi) is 30.7. The molecule has 18 N–H and O–H groups in total. The van der Waals surface area contributed by atoms with Crippen molar-refractivity contribution in [2.75, 3.05) is 122 Å². The molecule has 0 aliphatic carbocycles. The average molecular weight is 1400 g/mol. The quantitative estimate of drug-likeness (QED) is 0.0318. The predicted molar refractivity (Wildman–Crippen MR) is 305 cm³/mol. The molecule has 0 spiro atoms. The zero-order chi connectivity index (χ0) is 70.2. The predicted octanol–water partition coefficient (Wildman–Crippen LogP) is -8.68. The Morgan fingerprint density at radius 3 is 0.458 bits per heavy atom. The lowest BCUT2D eigenvalue weighted by Crippen LogP contribution is -2.71. The average Bonchev–Trinajstić information content (AvgIpc) is 0.768. The Hall–Kier alpha value is -4.38. The van der Waals surface area contributed by atoms with Gasteiger partial charge in [0.1, 0.15) is 186 Å². The van der Waals surface area contributed by atoms with Crippen LogP contribution in [0.5, 0.6) is 0 Å². The monoisotopic (exact) mass is 1400 g/mol. The highest BCUT2D eigenvalue weighted by Crippen LogP contribution is 2.42. The fourth-order valence-electron chi connectivity index (χ4n) is 12.7. The first-order valence-corrected chi connectivity index (χ1v) is 30.3. The molecule has 42 nitrogen and oxygen atoms in total. The van der Waals surface area contributed by atoms with Gasteiger partial charge in [0.25, 0.3) is 0 Å². The lowest BCUT2D eigenvalue weighted by atomic mass is 9.93. The molecule has 0 saturated carbocycles. The molecular weight excluding hydrogens is 1310 g/mol. The molecule has 22 saturated heterocycles. The third kappa shape index (κ3) is 18.8. The molecule has 552 valence electrons. The summed E-state index contributed by atoms with van der Waals surface area (Å²) in [5.41, 5.74) is 38.6. The molecule has 0 aromatic carbocycles. The smallest absolute Gasteiger partial charge is 0.329 e. The summed E-state index contributed by atoms with van der Waals surface area (Å²) >= 11 is 0. The van der Waals surface area contributed by atoms with Crippen LogP contribution in [0, 0.1) is 0 Å². The van der Waals surface area contributed by atoms with Gasteiger partial charge in [-0.2, -0.15) is 0 Å². The standard InChI is InChI=1S/C54H90N6O36/c1-73-37-31-19(7-55)85-49(43(37)79-13-25(61)62)92-32-20(8-56)87-51(45(38(32)74-2)81-15-27(65)66)94-34-22(10-58)89-53(47(40(34)76-4)83-17-29(69)70)96-36-24(12-60)90-54(48(42(36)78-6)84-18-30(71)72)95-35-23(11-59)88-52(46(41(35)77-5)82-16-28(67)68)93-33-21(9-57)86-50(91-31)44(39(33)75-3)80-14-26(63)64/h19-24,31-54H,7-18,55-60H2,1-6H3,(H,61,62)(H,63,64)(H,65,66)(H,67,68)(H,69,70)(H,71,72). The van der Waals surface area contributed by atoms with Crippen molar-refractivity contribution >= 4 is 35.8 Å². The number of aliphatic carboxylic acids is 6. The third-order valence-electron chi connectivity index (χ3n) is 16.7. The highest BCUT2D eigenvalue weighted by atomic mass is 16.8. The number of nitrogens with two attached hydrogens (primary N) is 6. The second kappa shape index (κ2) is 37.3. The molecule has 0 radical (unpaired) electrons. The van der Waals surface area contributed by atoms with E-state index < -0.39 is 299 Å². The van der Waals surface area contributed by atoms with Gasteiger partial charge in [0.15, 0.2) is 37.7 Å². The molecule has 30 atom stereocenters. The molecule has 0 aromatic rings. The normalized spacial score (nSPS) is 41.5. The molecule has 0 aromatic heterocycles. The van der Waals surface area contributed by atoms with E-state index in [1.54, 1.807) is 0 Å². The van der Waals surface area contributed by atoms with Crippen molar-refractivity contribution in [1.29, 1.82) is 0 Å². The summed E-state index contributed by atoms with van der Waals surface area (Å²) in [4.78, 5) is 74.1. The van der Waals surface area contributed by atoms with Gasteiger partial charge in [0.2, 0.25) is 0 Å². The van der Waals surface area contributed by atoms with Crippen molar-refractivity contribution in [3.8, 4) is 0 Å². The number of carboxylic acid groups (broad SMARTS) is 6. The van der Waals surface area contributed by atoms with Crippen LogP contribution in [0.25, 0.3) is 0 Å². The summed E-state index contributed by atoms with van der Waals surface area (Å²) in [5, 5.41) is 60.2. The van der Waals surface area contributed by atoms with E-state index in [2.05, 4.69) is 0 Å². The van der Waals surface area contributed by atoms with Crippen molar-refractivity contribution in [2.45, 2.75) is 184 Å². The molecule has 22 aliphatic heterocycles. The van der Waals surface area contributed by atoms with Crippen molar-refractivity contribution in [1.82, 2.24) is 0 Å². The Morgan fingerprint density at radius 1 is 0.240 bits per heavy atom. The van der Waals surface area contributed by atoms with E-state index in [0.717, 1.165) is 0 Å². The van der Waals surface area contributed by atoms with Crippen LogP contribution in [0.3, 0.4) is 0 Å². The topological polar surface area (TPSA) is 601 Å². The molecule has 22 heterocycles. The number of carboxylic acids is 6. The Balaban J connectivity index is 1.42. The van der Waals surface area contributed by atoms with Crippen molar-refractivity contribution in [3.63, 3.8) is 0 Å². The molecular formula is C54H90N6O36. The summed E-state index contributed by atoms with van der Waals surface area (Å²) < 4.78 is 151. The Labute approximate surface area is 548 Å². The number of methoxy groups -OCH3 is 6. The first-order valence-electron chi connectivity index (χ1n) is 30.3. The SMILES string of the molecule is COC1C2OC3OC(CN)C(OC4OC(CN)C(OC5OC(CN)C(OC6OC(CN)C(OC7OC(CN)C(OC(OC2CN)C1OCC(=O)O)C(OC)C7OCC(=O)O)C(OC)C6OCC(=O)O)C(OC)C5OCC(=O)O)C(OC)C4OCC(=O)O)C(OC)C3OCC(=O)O. The first kappa shape index (κ1) is 79.0. The van der Waals surface area contributed by atoms with Gasteiger partial charge in [-0.15, -0.1) is 0 Å². The zero-order valence-electron chi connectivity index (χ0n) is 53.2. The second-order valence-electron chi connectivity index (χ2n) is 22.5. The maximum Gasteiger partial charge on any atom is 0.329 e. The maximum absolute atomic E-state index is 12.3. The fraction of sp³-hybridized carbons (Fsp3) is 0.889. The van der Waals surface area contributed by atoms with Gasteiger partial charge in [0, 0.05) is 81.9 Å². The lowest BCUT2D eigenvalue weighted by Gasteiger charge is -2.53. The number of hydrogen-bond acceptors (Lipinski definition) is 36. The summed E-state index contributed by atoms with van der Waals surface area (Å²) in [6.45, 7) is -8.97. The Bertz CT molecular complexity index is 2060. The van der Waals surface area contributed by atoms with Gasteiger partial charge in [-0.05, 0) is 0 Å². The first-order chi connectivity index (χ1) is 46.0. The largest absolute Gasteiger partial charge is 0.480 e. The van der Waals surface area contributed by atoms with Crippen molar-refractivity contribution in [3.05, 3.63) is 0 Å². The summed E-state index contributed by atoms with van der Waals surface area (Å²) in [5.74, 6) is -8.93. The second-order valence-corrected chi connectivity index (χ2v) is 22.5. The van der Waals surface area contributed by atoms with E-state index in [1.807, 2.05) is 0 Å². The number of rotatable bonds is 30. The minimum atomic E-state index is -1.77. The van der Waals surface area contributed by atoms with E-state index in [1.165, 1.54) is 42.7 Å². The zero-order valence-corrected chi connectivity index (χ0v) is 53.2. The molecule has 12 bridgehead atoms. The van der Waals surface area contributed by atoms with Crippen LogP contribution >= 0.6 is 0 Å². The van der Waals surface area contributed by atoms with E-state index in [-0.39, 0.29) is 0 Å². The van der Waals surface area contributed by atoms with Crippen LogP contribution in [0.4, 0.5) is 0 Å². The van der Waals surface area contributed by atoms with E-state index in [0.29, 0.717) is 0 Å². The number of hydrogen-bond donors (Lipinski definition) is 12. The molecule has 0 amide bonds. The van der Waals surface area contributed by atoms with Gasteiger partial charge in [-0.1, -0.05) is 0 Å². The fourth-order valence-corrected chi connectivity index (χ4v) is 12.7. The molecule has 96 heavy (non-hydrogen) atoms. The van der Waals surface area contributed by atoms with E-state index >= 15 is 0 Å². The molecule has 42 heteroatoms. The van der Waals surface area contributed by atoms with Crippen LogP contribution in [-0.2, 0) is 142 Å². The molecule has 30 unspecified atom stereocenters. The van der Waals surface area contributed by atoms with Crippen LogP contribution < -0.4 is 34.4 Å². The lowest BCUT2D eigenvalue weighted by molar-refractivity contribution is -0.406. The molecule has 22 fully saturated rings. The minimum Gasteiger partial charge on any atom is -0.480 e. The molecule has 22 rings (SSSR count). The van der Waals surface area contributed by atoms with Gasteiger partial charge in [-0.3, -0.25) is 0 Å². The van der Waals surface area contributed by atoms with Crippen LogP contribution in [0.15, 0.2) is 0 Å². The van der Waals surface area contributed by atoms with E-state index in [9.17, 15) is 59.4 Å². The van der Waals surface area contributed by atoms with Gasteiger partial charge >= 0.3 is 35.8 Å². The van der Waals surface area contributed by atoms with Gasteiger partial charge < -0.3 is 179 Å². The van der Waals surface area contributed by atoms with E-state index in [4.69, 9.17) is 148 Å². The number of carbonyl (C=O) groups is 6.